The minimum absolute atomic E-state index is 0.121. The summed E-state index contributed by atoms with van der Waals surface area (Å²) in [7, 11) is 1.75. The number of hydrogen-bond acceptors (Lipinski definition) is 5. The van der Waals surface area contributed by atoms with Crippen LogP contribution in [0, 0.1) is 17.7 Å². The van der Waals surface area contributed by atoms with Crippen LogP contribution in [-0.4, -0.2) is 53.7 Å². The standard InChI is InChI=1S/C25H35FN4O3/c1-29(23(31)16-30-24(32)20-8-4-5-9-21(20)25(30)33)14-6-2-3-7-19-15-22(28-27-19)17-10-12-18(26)13-11-17/h10-13,19-22,27-28H,2-9,14-16H2,1H3. The van der Waals surface area contributed by atoms with Gasteiger partial charge in [0.2, 0.25) is 17.7 Å². The molecule has 7 nitrogen and oxygen atoms in total. The minimum Gasteiger partial charge on any atom is -0.344 e. The van der Waals surface area contributed by atoms with E-state index in [1.54, 1.807) is 11.9 Å². The van der Waals surface area contributed by atoms with Crippen molar-refractivity contribution in [3.8, 4) is 0 Å². The fourth-order valence-electron chi connectivity index (χ4n) is 5.41. The van der Waals surface area contributed by atoms with Crippen molar-refractivity contribution in [1.82, 2.24) is 20.7 Å². The van der Waals surface area contributed by atoms with Gasteiger partial charge in [-0.2, -0.15) is 0 Å². The Labute approximate surface area is 195 Å². The van der Waals surface area contributed by atoms with Gasteiger partial charge in [-0.25, -0.2) is 4.39 Å². The number of nitrogens with zero attached hydrogens (tertiary/aromatic N) is 2. The number of carbonyl (C=O) groups excluding carboxylic acids is 3. The van der Waals surface area contributed by atoms with Crippen LogP contribution in [0.4, 0.5) is 4.39 Å². The third-order valence-electron chi connectivity index (χ3n) is 7.45. The van der Waals surface area contributed by atoms with Crippen molar-refractivity contribution >= 4 is 17.7 Å². The van der Waals surface area contributed by atoms with Gasteiger partial charge in [-0.15, -0.1) is 0 Å². The highest BCUT2D eigenvalue weighted by atomic mass is 19.1. The molecule has 2 aliphatic heterocycles. The van der Waals surface area contributed by atoms with Crippen LogP contribution in [0.1, 0.15) is 69.4 Å². The first-order chi connectivity index (χ1) is 15.9. The Balaban J connectivity index is 1.12. The number of likely N-dealkylation sites (N-methyl/N-ethyl adjacent to an activating group) is 1. The molecule has 1 aromatic carbocycles. The Morgan fingerprint density at radius 2 is 1.70 bits per heavy atom. The van der Waals surface area contributed by atoms with Gasteiger partial charge in [-0.05, 0) is 49.8 Å². The molecular weight excluding hydrogens is 423 g/mol. The second-order valence-electron chi connectivity index (χ2n) is 9.75. The SMILES string of the molecule is CN(CCCCCC1CC(c2ccc(F)cc2)NN1)C(=O)CN1C(=O)C2CCCCC2C1=O. The van der Waals surface area contributed by atoms with E-state index in [-0.39, 0.29) is 48.0 Å². The van der Waals surface area contributed by atoms with Crippen LogP contribution < -0.4 is 10.9 Å². The number of imide groups is 1. The second kappa shape index (κ2) is 10.7. The van der Waals surface area contributed by atoms with Crippen molar-refractivity contribution in [3.05, 3.63) is 35.6 Å². The lowest BCUT2D eigenvalue weighted by Gasteiger charge is -2.21. The van der Waals surface area contributed by atoms with E-state index in [0.29, 0.717) is 12.6 Å². The lowest BCUT2D eigenvalue weighted by molar-refractivity contribution is -0.146. The Morgan fingerprint density at radius 3 is 2.36 bits per heavy atom. The molecule has 0 bridgehead atoms. The first kappa shape index (κ1) is 23.8. The van der Waals surface area contributed by atoms with E-state index < -0.39 is 0 Å². The lowest BCUT2D eigenvalue weighted by Crippen LogP contribution is -2.42. The van der Waals surface area contributed by atoms with E-state index in [1.807, 2.05) is 12.1 Å². The summed E-state index contributed by atoms with van der Waals surface area (Å²) in [5.74, 6) is -1.09. The van der Waals surface area contributed by atoms with Crippen molar-refractivity contribution in [2.75, 3.05) is 20.1 Å². The molecule has 3 amide bonds. The molecule has 4 atom stereocenters. The van der Waals surface area contributed by atoms with E-state index in [2.05, 4.69) is 10.9 Å². The predicted molar refractivity (Wildman–Crippen MR) is 122 cm³/mol. The number of carbonyl (C=O) groups is 3. The summed E-state index contributed by atoms with van der Waals surface area (Å²) in [4.78, 5) is 40.6. The third-order valence-corrected chi connectivity index (χ3v) is 7.45. The molecule has 180 valence electrons. The van der Waals surface area contributed by atoms with Crippen molar-refractivity contribution in [2.45, 2.75) is 69.9 Å². The third kappa shape index (κ3) is 5.61. The zero-order chi connectivity index (χ0) is 23.4. The topological polar surface area (TPSA) is 81.8 Å². The van der Waals surface area contributed by atoms with Crippen LogP contribution in [0.5, 0.6) is 0 Å². The molecule has 0 radical (unpaired) electrons. The van der Waals surface area contributed by atoms with E-state index in [4.69, 9.17) is 0 Å². The summed E-state index contributed by atoms with van der Waals surface area (Å²) < 4.78 is 13.1. The molecule has 4 unspecified atom stereocenters. The molecule has 2 N–H and O–H groups in total. The zero-order valence-electron chi connectivity index (χ0n) is 19.4. The fraction of sp³-hybridized carbons (Fsp3) is 0.640. The van der Waals surface area contributed by atoms with E-state index in [9.17, 15) is 18.8 Å². The summed E-state index contributed by atoms with van der Waals surface area (Å²) in [6, 6.07) is 7.19. The highest BCUT2D eigenvalue weighted by Crippen LogP contribution is 2.37. The highest BCUT2D eigenvalue weighted by Gasteiger charge is 2.48. The van der Waals surface area contributed by atoms with Crippen LogP contribution in [0.2, 0.25) is 0 Å². The Morgan fingerprint density at radius 1 is 1.03 bits per heavy atom. The molecule has 3 fully saturated rings. The summed E-state index contributed by atoms with van der Waals surface area (Å²) in [5, 5.41) is 0. The molecule has 3 aliphatic rings. The largest absolute Gasteiger partial charge is 0.344 e. The zero-order valence-corrected chi connectivity index (χ0v) is 19.4. The number of hydrogen-bond donors (Lipinski definition) is 2. The predicted octanol–water partition coefficient (Wildman–Crippen LogP) is 2.93. The number of halogens is 1. The van der Waals surface area contributed by atoms with Gasteiger partial charge in [0.05, 0.1) is 11.8 Å². The summed E-state index contributed by atoms with van der Waals surface area (Å²) in [6.07, 6.45) is 8.44. The average Bonchev–Trinajstić information content (AvgIpc) is 3.38. The number of benzene rings is 1. The van der Waals surface area contributed by atoms with Gasteiger partial charge in [0, 0.05) is 25.7 Å². The maximum atomic E-state index is 13.1. The van der Waals surface area contributed by atoms with Crippen molar-refractivity contribution < 1.29 is 18.8 Å². The molecule has 4 rings (SSSR count). The van der Waals surface area contributed by atoms with Gasteiger partial charge in [0.15, 0.2) is 0 Å². The van der Waals surface area contributed by atoms with Crippen molar-refractivity contribution in [1.29, 1.82) is 0 Å². The summed E-state index contributed by atoms with van der Waals surface area (Å²) >= 11 is 0. The van der Waals surface area contributed by atoms with Gasteiger partial charge in [0.25, 0.3) is 0 Å². The lowest BCUT2D eigenvalue weighted by atomic mass is 9.81. The molecule has 1 saturated carbocycles. The van der Waals surface area contributed by atoms with E-state index in [1.165, 1.54) is 17.0 Å². The minimum atomic E-state index is -0.221. The molecule has 2 heterocycles. The molecule has 1 aromatic rings. The van der Waals surface area contributed by atoms with E-state index in [0.717, 1.165) is 63.4 Å². The molecule has 2 saturated heterocycles. The Kier molecular flexibility index (Phi) is 7.75. The van der Waals surface area contributed by atoms with Gasteiger partial charge in [-0.1, -0.05) is 37.8 Å². The van der Waals surface area contributed by atoms with Gasteiger partial charge in [0.1, 0.15) is 12.4 Å². The Hall–Kier alpha value is -2.32. The number of fused-ring (bicyclic) bond motifs is 1. The molecule has 1 aliphatic carbocycles. The number of rotatable bonds is 9. The quantitative estimate of drug-likeness (QED) is 0.439. The monoisotopic (exact) mass is 458 g/mol. The van der Waals surface area contributed by atoms with Gasteiger partial charge < -0.3 is 4.90 Å². The van der Waals surface area contributed by atoms with Crippen molar-refractivity contribution in [3.63, 3.8) is 0 Å². The second-order valence-corrected chi connectivity index (χ2v) is 9.75. The van der Waals surface area contributed by atoms with Crippen LogP contribution >= 0.6 is 0 Å². The number of nitrogens with one attached hydrogen (secondary N) is 2. The number of unbranched alkanes of at least 4 members (excludes halogenated alkanes) is 2. The van der Waals surface area contributed by atoms with Crippen LogP contribution in [0.25, 0.3) is 0 Å². The molecule has 0 spiro atoms. The number of amides is 3. The molecule has 8 heteroatoms. The maximum Gasteiger partial charge on any atom is 0.242 e. The van der Waals surface area contributed by atoms with Gasteiger partial charge in [-0.3, -0.25) is 30.1 Å². The fourth-order valence-corrected chi connectivity index (χ4v) is 5.41. The first-order valence-electron chi connectivity index (χ1n) is 12.3. The Bertz CT molecular complexity index is 838. The smallest absolute Gasteiger partial charge is 0.242 e. The van der Waals surface area contributed by atoms with Crippen molar-refractivity contribution in [2.24, 2.45) is 11.8 Å². The average molecular weight is 459 g/mol. The van der Waals surface area contributed by atoms with Crippen LogP contribution in [0.15, 0.2) is 24.3 Å². The van der Waals surface area contributed by atoms with Crippen LogP contribution in [-0.2, 0) is 14.4 Å². The molecular formula is C25H35FN4O3. The summed E-state index contributed by atoms with van der Waals surface area (Å²) in [5.41, 5.74) is 7.71. The van der Waals surface area contributed by atoms with Crippen LogP contribution in [0.3, 0.4) is 0 Å². The number of likely N-dealkylation sites (tertiary alicyclic amines) is 1. The maximum absolute atomic E-state index is 13.1. The van der Waals surface area contributed by atoms with E-state index >= 15 is 0 Å². The normalized spacial score (nSPS) is 27.2. The van der Waals surface area contributed by atoms with Gasteiger partial charge >= 0.3 is 0 Å². The number of hydrazine groups is 1. The molecule has 33 heavy (non-hydrogen) atoms. The molecule has 0 aromatic heterocycles. The summed E-state index contributed by atoms with van der Waals surface area (Å²) in [6.45, 7) is 0.500. The first-order valence-corrected chi connectivity index (χ1v) is 12.3. The highest BCUT2D eigenvalue weighted by molar-refractivity contribution is 6.07.